The third kappa shape index (κ3) is 6.06. The monoisotopic (exact) mass is 849 g/mol. The fraction of sp³-hybridized carbons (Fsp3) is 0. The van der Waals surface area contributed by atoms with Gasteiger partial charge in [-0.15, -0.1) is 0 Å². The Hall–Kier alpha value is -9.21. The molecule has 0 aliphatic rings. The maximum atomic E-state index is 5.48. The molecule has 9 heteroatoms. The minimum absolute atomic E-state index is 0.722. The van der Waals surface area contributed by atoms with Gasteiger partial charge in [-0.1, -0.05) is 109 Å². The number of aromatic nitrogens is 6. The second-order valence-corrected chi connectivity index (χ2v) is 16.3. The van der Waals surface area contributed by atoms with Crippen molar-refractivity contribution in [3.05, 3.63) is 237 Å². The number of benzene rings is 9. The second-order valence-electron chi connectivity index (χ2n) is 16.3. The normalized spacial score (nSPS) is 11.6. The van der Waals surface area contributed by atoms with E-state index < -0.39 is 0 Å². The van der Waals surface area contributed by atoms with Crippen LogP contribution in [-0.2, 0) is 0 Å². The molecule has 4 heterocycles. The van der Waals surface area contributed by atoms with Crippen LogP contribution in [-0.4, -0.2) is 28.2 Å². The summed E-state index contributed by atoms with van der Waals surface area (Å²) in [5.74, 6) is 2.17. The van der Waals surface area contributed by atoms with E-state index in [4.69, 9.17) is 15.0 Å². The van der Waals surface area contributed by atoms with Gasteiger partial charge in [-0.05, 0) is 127 Å². The van der Waals surface area contributed by atoms with Crippen LogP contribution in [0.5, 0.6) is 0 Å². The number of fused-ring (bicyclic) bond motifs is 12. The smallest absolute Gasteiger partial charge is 0.225 e. The van der Waals surface area contributed by atoms with Gasteiger partial charge in [0.05, 0.1) is 33.1 Å². The van der Waals surface area contributed by atoms with E-state index in [2.05, 4.69) is 228 Å². The van der Waals surface area contributed by atoms with E-state index in [-0.39, 0.29) is 0 Å². The van der Waals surface area contributed by atoms with Crippen LogP contribution in [0.2, 0.25) is 0 Å². The van der Waals surface area contributed by atoms with Crippen LogP contribution in [0.3, 0.4) is 0 Å². The highest BCUT2D eigenvalue weighted by molar-refractivity contribution is 5.96. The molecule has 0 aliphatic carbocycles. The van der Waals surface area contributed by atoms with Crippen molar-refractivity contribution in [2.75, 3.05) is 14.7 Å². The Morgan fingerprint density at radius 3 is 0.652 bits per heavy atom. The summed E-state index contributed by atoms with van der Waals surface area (Å²) in [7, 11) is 0. The molecule has 0 N–H and O–H groups in total. The second kappa shape index (κ2) is 15.3. The molecule has 0 unspecified atom stereocenters. The Labute approximate surface area is 379 Å². The number of nitrogens with zero attached hydrogens (tertiary/aromatic N) is 9. The van der Waals surface area contributed by atoms with Crippen molar-refractivity contribution in [3.63, 3.8) is 0 Å². The van der Waals surface area contributed by atoms with Gasteiger partial charge >= 0.3 is 0 Å². The molecule has 13 aromatic rings. The van der Waals surface area contributed by atoms with Crippen LogP contribution in [0.4, 0.5) is 51.2 Å². The number of hydrogen-bond acceptors (Lipinski definition) is 6. The Morgan fingerprint density at radius 1 is 0.227 bits per heavy atom. The summed E-state index contributed by atoms with van der Waals surface area (Å²) in [6.07, 6.45) is 0. The first-order chi connectivity index (χ1) is 32.7. The van der Waals surface area contributed by atoms with Gasteiger partial charge in [0.1, 0.15) is 0 Å². The lowest BCUT2D eigenvalue weighted by molar-refractivity contribution is 1.01. The van der Waals surface area contributed by atoms with Gasteiger partial charge in [-0.3, -0.25) is 0 Å². The van der Waals surface area contributed by atoms with E-state index in [0.717, 1.165) is 102 Å². The van der Waals surface area contributed by atoms with Crippen molar-refractivity contribution >= 4 is 102 Å². The van der Waals surface area contributed by atoms with Crippen molar-refractivity contribution in [2.24, 2.45) is 0 Å². The lowest BCUT2D eigenvalue weighted by Gasteiger charge is -2.25. The average molecular weight is 850 g/mol. The lowest BCUT2D eigenvalue weighted by atomic mass is 10.2. The number of anilines is 9. The third-order valence-electron chi connectivity index (χ3n) is 12.3. The molecule has 0 spiro atoms. The van der Waals surface area contributed by atoms with Crippen LogP contribution in [0.1, 0.15) is 0 Å². The molecule has 0 amide bonds. The summed E-state index contributed by atoms with van der Waals surface area (Å²) in [6.45, 7) is 0. The van der Waals surface area contributed by atoms with Crippen LogP contribution in [0.15, 0.2) is 237 Å². The van der Waals surface area contributed by atoms with Crippen molar-refractivity contribution < 1.29 is 0 Å². The van der Waals surface area contributed by atoms with Crippen LogP contribution >= 0.6 is 0 Å². The number of imidazole rings is 3. The predicted molar refractivity (Wildman–Crippen MR) is 269 cm³/mol. The minimum Gasteiger partial charge on any atom is -0.310 e. The summed E-state index contributed by atoms with van der Waals surface area (Å²) in [4.78, 5) is 23.2. The van der Waals surface area contributed by atoms with E-state index in [1.54, 1.807) is 0 Å². The summed E-state index contributed by atoms with van der Waals surface area (Å²) in [5.41, 5.74) is 14.7. The summed E-state index contributed by atoms with van der Waals surface area (Å²) in [6, 6.07) is 82.4. The number of para-hydroxylation sites is 6. The maximum Gasteiger partial charge on any atom is 0.225 e. The molecular weight excluding hydrogens is 811 g/mol. The van der Waals surface area contributed by atoms with E-state index in [9.17, 15) is 0 Å². The molecule has 0 bridgehead atoms. The first-order valence-corrected chi connectivity index (χ1v) is 22.0. The number of rotatable bonds is 9. The molecule has 0 saturated heterocycles. The Kier molecular flexibility index (Phi) is 8.63. The topological polar surface area (TPSA) is 61.6 Å². The minimum atomic E-state index is 0.722. The summed E-state index contributed by atoms with van der Waals surface area (Å²) in [5, 5.41) is 0. The highest BCUT2D eigenvalue weighted by Crippen LogP contribution is 2.40. The third-order valence-corrected chi connectivity index (χ3v) is 12.3. The Morgan fingerprint density at radius 2 is 0.439 bits per heavy atom. The largest absolute Gasteiger partial charge is 0.310 e. The van der Waals surface area contributed by atoms with Gasteiger partial charge in [-0.2, -0.15) is 0 Å². The fourth-order valence-corrected chi connectivity index (χ4v) is 9.43. The van der Waals surface area contributed by atoms with Crippen LogP contribution in [0, 0.1) is 0 Å². The molecule has 13 rings (SSSR count). The molecule has 0 radical (unpaired) electrons. The van der Waals surface area contributed by atoms with E-state index in [1.165, 1.54) is 0 Å². The standard InChI is InChI=1S/C57H39N9/c1-7-19-40(20-8-1)61(41-21-9-2-10-22-41)46-31-34-52-49(37-46)58-55-64(52)56-59-51-39-48(63(44-27-15-5-16-28-44)45-29-17-6-18-30-45)33-36-54(51)66(56)57-60-50-38-47(32-35-53(50)65(55)57)62(42-23-11-3-12-24-42)43-25-13-4-14-26-43/h1-39H. The molecule has 0 aliphatic heterocycles. The van der Waals surface area contributed by atoms with Crippen LogP contribution < -0.4 is 14.7 Å². The van der Waals surface area contributed by atoms with Gasteiger partial charge in [-0.25, -0.2) is 28.2 Å². The van der Waals surface area contributed by atoms with Crippen molar-refractivity contribution in [1.29, 1.82) is 0 Å². The molecule has 66 heavy (non-hydrogen) atoms. The first-order valence-electron chi connectivity index (χ1n) is 22.0. The van der Waals surface area contributed by atoms with Gasteiger partial charge in [0.25, 0.3) is 0 Å². The first kappa shape index (κ1) is 37.4. The zero-order valence-corrected chi connectivity index (χ0v) is 35.5. The SMILES string of the molecule is c1ccc(N(c2ccccc2)c2ccc3c(c2)nc2n3c3nc4cc(N(c5ccccc5)c5ccccc5)ccc4n3c3nc4cc(N(c5ccccc5)c5ccccc5)ccc4n23)cc1. The molecule has 9 aromatic carbocycles. The van der Waals surface area contributed by atoms with Crippen molar-refractivity contribution in [1.82, 2.24) is 28.2 Å². The molecule has 9 nitrogen and oxygen atoms in total. The van der Waals surface area contributed by atoms with Crippen LogP contribution in [0.25, 0.3) is 50.4 Å². The molecule has 0 atom stereocenters. The Bertz CT molecular complexity index is 3310. The molecule has 312 valence electrons. The van der Waals surface area contributed by atoms with Gasteiger partial charge < -0.3 is 14.7 Å². The highest BCUT2D eigenvalue weighted by Gasteiger charge is 2.24. The van der Waals surface area contributed by atoms with Crippen molar-refractivity contribution in [2.45, 2.75) is 0 Å². The van der Waals surface area contributed by atoms with E-state index in [0.29, 0.717) is 0 Å². The lowest BCUT2D eigenvalue weighted by Crippen LogP contribution is -2.09. The average Bonchev–Trinajstić information content (AvgIpc) is 4.07. The quantitative estimate of drug-likeness (QED) is 0.144. The number of hydrogen-bond donors (Lipinski definition) is 0. The van der Waals surface area contributed by atoms with E-state index in [1.807, 2.05) is 36.4 Å². The van der Waals surface area contributed by atoms with Gasteiger partial charge in [0.15, 0.2) is 0 Å². The molecular formula is C57H39N9. The Balaban J connectivity index is 1.08. The summed E-state index contributed by atoms with van der Waals surface area (Å²) >= 11 is 0. The molecule has 0 saturated carbocycles. The van der Waals surface area contributed by atoms with Crippen molar-refractivity contribution in [3.8, 4) is 0 Å². The maximum absolute atomic E-state index is 5.48. The predicted octanol–water partition coefficient (Wildman–Crippen LogP) is 14.5. The highest BCUT2D eigenvalue weighted by atomic mass is 15.3. The van der Waals surface area contributed by atoms with Gasteiger partial charge in [0, 0.05) is 51.2 Å². The molecule has 0 fully saturated rings. The zero-order chi connectivity index (χ0) is 43.6. The molecule has 4 aromatic heterocycles. The fourth-order valence-electron chi connectivity index (χ4n) is 9.43. The summed E-state index contributed by atoms with van der Waals surface area (Å²) < 4.78 is 6.55. The van der Waals surface area contributed by atoms with E-state index >= 15 is 0 Å². The van der Waals surface area contributed by atoms with Gasteiger partial charge in [0.2, 0.25) is 17.3 Å². The zero-order valence-electron chi connectivity index (χ0n) is 35.5.